The van der Waals surface area contributed by atoms with Crippen LogP contribution in [0.4, 0.5) is 5.69 Å². The van der Waals surface area contributed by atoms with Gasteiger partial charge in [0, 0.05) is 43.3 Å². The summed E-state index contributed by atoms with van der Waals surface area (Å²) in [5.74, 6) is -2.05. The van der Waals surface area contributed by atoms with Gasteiger partial charge in [0.05, 0.1) is 28.6 Å². The number of hydrogen-bond acceptors (Lipinski definition) is 10. The van der Waals surface area contributed by atoms with Crippen LogP contribution in [0.15, 0.2) is 46.8 Å². The summed E-state index contributed by atoms with van der Waals surface area (Å²) in [6.45, 7) is 4.90. The molecule has 11 heteroatoms. The second-order valence-corrected chi connectivity index (χ2v) is 8.36. The van der Waals surface area contributed by atoms with Crippen molar-refractivity contribution < 1.29 is 33.5 Å². The van der Waals surface area contributed by atoms with Crippen molar-refractivity contribution in [3.05, 3.63) is 62.5 Å². The van der Waals surface area contributed by atoms with Gasteiger partial charge in [0.25, 0.3) is 5.69 Å². The quantitative estimate of drug-likeness (QED) is 0.231. The molecule has 0 saturated heterocycles. The number of esters is 2. The van der Waals surface area contributed by atoms with E-state index in [1.807, 2.05) is 0 Å². The standard InChI is InChI=1S/C22H26N2O8S/c1-13-18(21(26)31-9-8-30-4)20(16-6-5-7-17(12-16)24(28)29)19(14(2)23-13)22(27)32-10-11-33-15(3)25/h5-7,12,20,23H,8-11H2,1-4H3. The Labute approximate surface area is 195 Å². The second kappa shape index (κ2) is 12.2. The normalized spacial score (nSPS) is 15.7. The Morgan fingerprint density at radius 1 is 1.06 bits per heavy atom. The number of nitrogens with zero attached hydrogens (tertiary/aromatic N) is 1. The summed E-state index contributed by atoms with van der Waals surface area (Å²) >= 11 is 1.02. The Morgan fingerprint density at radius 2 is 1.67 bits per heavy atom. The zero-order valence-electron chi connectivity index (χ0n) is 18.8. The van der Waals surface area contributed by atoms with E-state index in [0.717, 1.165) is 11.8 Å². The molecule has 10 nitrogen and oxygen atoms in total. The van der Waals surface area contributed by atoms with Crippen LogP contribution in [0.2, 0.25) is 0 Å². The molecular formula is C22H26N2O8S. The van der Waals surface area contributed by atoms with Crippen LogP contribution >= 0.6 is 11.8 Å². The maximum Gasteiger partial charge on any atom is 0.336 e. The lowest BCUT2D eigenvalue weighted by molar-refractivity contribution is -0.384. The summed E-state index contributed by atoms with van der Waals surface area (Å²) in [6.07, 6.45) is 0. The lowest BCUT2D eigenvalue weighted by Crippen LogP contribution is -2.33. The van der Waals surface area contributed by atoms with Gasteiger partial charge in [-0.1, -0.05) is 23.9 Å². The highest BCUT2D eigenvalue weighted by molar-refractivity contribution is 8.13. The zero-order chi connectivity index (χ0) is 24.5. The van der Waals surface area contributed by atoms with Crippen molar-refractivity contribution in [1.82, 2.24) is 5.32 Å². The average molecular weight is 479 g/mol. The van der Waals surface area contributed by atoms with Crippen molar-refractivity contribution in [2.24, 2.45) is 0 Å². The van der Waals surface area contributed by atoms with E-state index < -0.39 is 22.8 Å². The van der Waals surface area contributed by atoms with Gasteiger partial charge in [-0.2, -0.15) is 0 Å². The van der Waals surface area contributed by atoms with Crippen LogP contribution < -0.4 is 5.32 Å². The number of carbonyl (C=O) groups excluding carboxylic acids is 3. The number of carbonyl (C=O) groups is 3. The van der Waals surface area contributed by atoms with E-state index in [0.29, 0.717) is 17.0 Å². The fourth-order valence-electron chi connectivity index (χ4n) is 3.38. The van der Waals surface area contributed by atoms with Crippen molar-refractivity contribution in [2.45, 2.75) is 26.7 Å². The first-order valence-corrected chi connectivity index (χ1v) is 11.0. The Balaban J connectivity index is 2.47. The van der Waals surface area contributed by atoms with Crippen molar-refractivity contribution in [3.63, 3.8) is 0 Å². The number of non-ortho nitro benzene ring substituents is 1. The Kier molecular flexibility index (Phi) is 9.61. The highest BCUT2D eigenvalue weighted by Crippen LogP contribution is 2.40. The van der Waals surface area contributed by atoms with Gasteiger partial charge in [-0.05, 0) is 19.4 Å². The maximum atomic E-state index is 13.0. The largest absolute Gasteiger partial charge is 0.461 e. The monoisotopic (exact) mass is 478 g/mol. The number of rotatable bonds is 10. The summed E-state index contributed by atoms with van der Waals surface area (Å²) in [7, 11) is 1.47. The number of thioether (sulfide) groups is 1. The molecule has 1 N–H and O–H groups in total. The molecular weight excluding hydrogens is 452 g/mol. The van der Waals surface area contributed by atoms with E-state index in [1.165, 1.54) is 32.2 Å². The Morgan fingerprint density at radius 3 is 2.21 bits per heavy atom. The number of hydrogen-bond donors (Lipinski definition) is 1. The molecule has 1 atom stereocenters. The van der Waals surface area contributed by atoms with E-state index in [-0.39, 0.29) is 47.5 Å². The first-order valence-electron chi connectivity index (χ1n) is 10.1. The summed E-state index contributed by atoms with van der Waals surface area (Å²) in [5.41, 5.74) is 1.36. The Bertz CT molecular complexity index is 1000. The molecule has 1 aromatic carbocycles. The molecule has 0 aliphatic carbocycles. The van der Waals surface area contributed by atoms with Crippen LogP contribution in [0.3, 0.4) is 0 Å². The third kappa shape index (κ3) is 6.90. The number of allylic oxidation sites excluding steroid dienone is 2. The second-order valence-electron chi connectivity index (χ2n) is 7.09. The molecule has 1 heterocycles. The van der Waals surface area contributed by atoms with Crippen molar-refractivity contribution in [2.75, 3.05) is 32.7 Å². The smallest absolute Gasteiger partial charge is 0.336 e. The minimum absolute atomic E-state index is 0.00147. The van der Waals surface area contributed by atoms with Crippen molar-refractivity contribution in [3.8, 4) is 0 Å². The van der Waals surface area contributed by atoms with Crippen LogP contribution in [0.25, 0.3) is 0 Å². The van der Waals surface area contributed by atoms with E-state index in [2.05, 4.69) is 5.32 Å². The van der Waals surface area contributed by atoms with Crippen LogP contribution in [0.1, 0.15) is 32.3 Å². The van der Waals surface area contributed by atoms with Crippen LogP contribution in [-0.4, -0.2) is 54.7 Å². The molecule has 0 fully saturated rings. The minimum atomic E-state index is -0.950. The predicted octanol–water partition coefficient (Wildman–Crippen LogP) is 2.84. The fourth-order valence-corrected chi connectivity index (χ4v) is 3.83. The highest BCUT2D eigenvalue weighted by atomic mass is 32.2. The van der Waals surface area contributed by atoms with Gasteiger partial charge in [-0.25, -0.2) is 9.59 Å². The molecule has 1 aromatic rings. The molecule has 1 unspecified atom stereocenters. The van der Waals surface area contributed by atoms with Crippen molar-refractivity contribution >= 4 is 34.5 Å². The van der Waals surface area contributed by atoms with Crippen LogP contribution in [0.5, 0.6) is 0 Å². The molecule has 0 aromatic heterocycles. The first kappa shape index (κ1) is 26.1. The molecule has 1 aliphatic rings. The number of nitrogens with one attached hydrogen (secondary N) is 1. The molecule has 1 aliphatic heterocycles. The van der Waals surface area contributed by atoms with E-state index in [4.69, 9.17) is 14.2 Å². The highest BCUT2D eigenvalue weighted by Gasteiger charge is 2.38. The lowest BCUT2D eigenvalue weighted by Gasteiger charge is -2.30. The lowest BCUT2D eigenvalue weighted by atomic mass is 9.80. The molecule has 2 rings (SSSR count). The van der Waals surface area contributed by atoms with Gasteiger partial charge in [0.2, 0.25) is 0 Å². The third-order valence-corrected chi connectivity index (χ3v) is 5.53. The molecule has 178 valence electrons. The van der Waals surface area contributed by atoms with Gasteiger partial charge in [0.15, 0.2) is 5.12 Å². The summed E-state index contributed by atoms with van der Waals surface area (Å²) in [5, 5.41) is 14.2. The number of ether oxygens (including phenoxy) is 3. The average Bonchev–Trinajstić information content (AvgIpc) is 2.76. The first-order chi connectivity index (χ1) is 15.7. The summed E-state index contributed by atoms with van der Waals surface area (Å²) < 4.78 is 15.6. The number of methoxy groups -OCH3 is 1. The molecule has 0 bridgehead atoms. The SMILES string of the molecule is COCCOC(=O)C1=C(C)NC(C)=C(C(=O)OCCSC(C)=O)C1c1cccc([N+](=O)[O-])c1. The molecule has 33 heavy (non-hydrogen) atoms. The van der Waals surface area contributed by atoms with Gasteiger partial charge < -0.3 is 19.5 Å². The molecule has 0 spiro atoms. The maximum absolute atomic E-state index is 13.0. The minimum Gasteiger partial charge on any atom is -0.461 e. The number of benzene rings is 1. The van der Waals surface area contributed by atoms with Crippen LogP contribution in [0, 0.1) is 10.1 Å². The molecule has 0 saturated carbocycles. The zero-order valence-corrected chi connectivity index (χ0v) is 19.7. The van der Waals surface area contributed by atoms with Gasteiger partial charge in [-0.3, -0.25) is 14.9 Å². The molecule has 0 radical (unpaired) electrons. The fraction of sp³-hybridized carbons (Fsp3) is 0.409. The van der Waals surface area contributed by atoms with E-state index >= 15 is 0 Å². The number of nitro groups is 1. The van der Waals surface area contributed by atoms with Crippen molar-refractivity contribution in [1.29, 1.82) is 0 Å². The van der Waals surface area contributed by atoms with Gasteiger partial charge in [0.1, 0.15) is 13.2 Å². The number of nitro benzene ring substituents is 1. The van der Waals surface area contributed by atoms with Gasteiger partial charge in [-0.15, -0.1) is 0 Å². The third-order valence-electron chi connectivity index (χ3n) is 4.76. The molecule has 0 amide bonds. The van der Waals surface area contributed by atoms with Gasteiger partial charge >= 0.3 is 11.9 Å². The Hall–Kier alpha value is -3.18. The van der Waals surface area contributed by atoms with E-state index in [9.17, 15) is 24.5 Å². The summed E-state index contributed by atoms with van der Waals surface area (Å²) in [6, 6.07) is 5.73. The summed E-state index contributed by atoms with van der Waals surface area (Å²) in [4.78, 5) is 47.9. The van der Waals surface area contributed by atoms with E-state index in [1.54, 1.807) is 19.9 Å². The van der Waals surface area contributed by atoms with Crippen LogP contribution in [-0.2, 0) is 28.6 Å². The topological polar surface area (TPSA) is 134 Å². The number of dihydropyridines is 1. The predicted molar refractivity (Wildman–Crippen MR) is 121 cm³/mol.